The van der Waals surface area contributed by atoms with Gasteiger partial charge in [0, 0.05) is 23.7 Å². The zero-order valence-corrected chi connectivity index (χ0v) is 14.3. The van der Waals surface area contributed by atoms with Crippen LogP contribution in [0.1, 0.15) is 64.7 Å². The number of ketones is 2. The Hall–Kier alpha value is -1.45. The van der Waals surface area contributed by atoms with Crippen molar-refractivity contribution in [3.05, 3.63) is 11.6 Å². The molecule has 0 amide bonds. The fourth-order valence-corrected chi connectivity index (χ4v) is 6.73. The highest BCUT2D eigenvalue weighted by Gasteiger charge is 2.60. The second-order valence-electron chi connectivity index (χ2n) is 8.70. The van der Waals surface area contributed by atoms with Crippen LogP contribution in [0.5, 0.6) is 0 Å². The van der Waals surface area contributed by atoms with Crippen molar-refractivity contribution in [1.29, 1.82) is 0 Å². The molecule has 3 saturated carbocycles. The van der Waals surface area contributed by atoms with Crippen molar-refractivity contribution in [2.75, 3.05) is 0 Å². The molecule has 5 atom stereocenters. The highest BCUT2D eigenvalue weighted by atomic mass is 16.4. The van der Waals surface area contributed by atoms with Crippen LogP contribution >= 0.6 is 0 Å². The molecule has 0 spiro atoms. The number of carboxylic acids is 1. The molecule has 0 aromatic carbocycles. The van der Waals surface area contributed by atoms with Gasteiger partial charge in [-0.3, -0.25) is 14.4 Å². The maximum absolute atomic E-state index is 12.4. The average Bonchev–Trinajstić information content (AvgIpc) is 2.83. The lowest BCUT2D eigenvalue weighted by molar-refractivity contribution is -0.145. The summed E-state index contributed by atoms with van der Waals surface area (Å²) < 4.78 is 0. The van der Waals surface area contributed by atoms with E-state index in [1.54, 1.807) is 6.08 Å². The molecule has 130 valence electrons. The van der Waals surface area contributed by atoms with Crippen LogP contribution in [0.15, 0.2) is 11.6 Å². The van der Waals surface area contributed by atoms with E-state index in [9.17, 15) is 19.5 Å². The van der Waals surface area contributed by atoms with Gasteiger partial charge >= 0.3 is 5.97 Å². The highest BCUT2D eigenvalue weighted by molar-refractivity contribution is 5.92. The van der Waals surface area contributed by atoms with Crippen LogP contribution in [0.25, 0.3) is 0 Å². The fraction of sp³-hybridized carbons (Fsp3) is 0.750. The predicted octanol–water partition coefficient (Wildman–Crippen LogP) is 3.54. The van der Waals surface area contributed by atoms with Crippen molar-refractivity contribution in [3.63, 3.8) is 0 Å². The third-order valence-electron chi connectivity index (χ3n) is 7.86. The molecule has 4 aliphatic carbocycles. The number of carboxylic acid groups (broad SMARTS) is 1. The van der Waals surface area contributed by atoms with Gasteiger partial charge < -0.3 is 5.11 Å². The molecule has 4 nitrogen and oxygen atoms in total. The minimum Gasteiger partial charge on any atom is -0.481 e. The first-order valence-corrected chi connectivity index (χ1v) is 9.36. The maximum Gasteiger partial charge on any atom is 0.304 e. The monoisotopic (exact) mass is 330 g/mol. The van der Waals surface area contributed by atoms with Crippen LogP contribution in [0.4, 0.5) is 0 Å². The molecule has 0 heterocycles. The van der Waals surface area contributed by atoms with Crippen LogP contribution in [0.3, 0.4) is 0 Å². The summed E-state index contributed by atoms with van der Waals surface area (Å²) in [5.74, 6) is 0.991. The van der Waals surface area contributed by atoms with E-state index in [1.807, 2.05) is 0 Å². The first-order chi connectivity index (χ1) is 11.4. The molecule has 0 radical (unpaired) electrons. The minimum absolute atomic E-state index is 0.144. The predicted molar refractivity (Wildman–Crippen MR) is 88.3 cm³/mol. The molecule has 4 heteroatoms. The molecule has 1 N–H and O–H groups in total. The summed E-state index contributed by atoms with van der Waals surface area (Å²) in [5, 5.41) is 9.57. The smallest absolute Gasteiger partial charge is 0.304 e. The summed E-state index contributed by atoms with van der Waals surface area (Å²) >= 11 is 0. The fourth-order valence-electron chi connectivity index (χ4n) is 6.73. The molecule has 0 aliphatic heterocycles. The summed E-state index contributed by atoms with van der Waals surface area (Å²) in [7, 11) is 0. The van der Waals surface area contributed by atoms with Crippen molar-refractivity contribution in [2.24, 2.45) is 28.6 Å². The number of fused-ring (bicyclic) bond motifs is 5. The number of hydrogen-bond acceptors (Lipinski definition) is 3. The van der Waals surface area contributed by atoms with E-state index in [-0.39, 0.29) is 23.0 Å². The second-order valence-corrected chi connectivity index (χ2v) is 8.70. The van der Waals surface area contributed by atoms with Crippen LogP contribution in [-0.2, 0) is 14.4 Å². The quantitative estimate of drug-likeness (QED) is 0.840. The van der Waals surface area contributed by atoms with E-state index in [1.165, 1.54) is 0 Å². The molecule has 0 aromatic rings. The van der Waals surface area contributed by atoms with E-state index in [2.05, 4.69) is 6.92 Å². The molecular formula is C20H26O4. The molecule has 24 heavy (non-hydrogen) atoms. The summed E-state index contributed by atoms with van der Waals surface area (Å²) in [6, 6.07) is 0. The van der Waals surface area contributed by atoms with Gasteiger partial charge in [-0.1, -0.05) is 12.5 Å². The van der Waals surface area contributed by atoms with E-state index >= 15 is 0 Å². The van der Waals surface area contributed by atoms with Gasteiger partial charge in [0.05, 0.1) is 6.42 Å². The summed E-state index contributed by atoms with van der Waals surface area (Å²) in [4.78, 5) is 36.0. The van der Waals surface area contributed by atoms with Gasteiger partial charge in [0.2, 0.25) is 0 Å². The van der Waals surface area contributed by atoms with Crippen molar-refractivity contribution in [3.8, 4) is 0 Å². The molecule has 3 fully saturated rings. The number of rotatable bonds is 2. The average molecular weight is 330 g/mol. The number of aliphatic carboxylic acids is 1. The molecule has 0 bridgehead atoms. The normalized spacial score (nSPS) is 44.4. The van der Waals surface area contributed by atoms with Gasteiger partial charge in [0.25, 0.3) is 0 Å². The Morgan fingerprint density at radius 2 is 1.92 bits per heavy atom. The van der Waals surface area contributed by atoms with Crippen LogP contribution in [0.2, 0.25) is 0 Å². The van der Waals surface area contributed by atoms with Crippen molar-refractivity contribution < 1.29 is 19.5 Å². The molecule has 4 rings (SSSR count). The van der Waals surface area contributed by atoms with Gasteiger partial charge in [-0.05, 0) is 62.4 Å². The summed E-state index contributed by atoms with van der Waals surface area (Å²) in [5.41, 5.74) is 0.572. The maximum atomic E-state index is 12.4. The SMILES string of the molecule is CC12CCC3C(CCC4=CC(=O)CCC43CC(=O)O)C1CCC2=O. The molecule has 5 unspecified atom stereocenters. The number of Topliss-reactive ketones (excluding diaryl/α,β-unsaturated/α-hetero) is 1. The largest absolute Gasteiger partial charge is 0.481 e. The van der Waals surface area contributed by atoms with Gasteiger partial charge in [-0.2, -0.15) is 0 Å². The van der Waals surface area contributed by atoms with Gasteiger partial charge in [-0.15, -0.1) is 0 Å². The Labute approximate surface area is 142 Å². The zero-order valence-electron chi connectivity index (χ0n) is 14.3. The number of carbonyl (C=O) groups is 3. The van der Waals surface area contributed by atoms with Crippen molar-refractivity contribution in [2.45, 2.75) is 64.7 Å². The Morgan fingerprint density at radius 3 is 2.67 bits per heavy atom. The van der Waals surface area contributed by atoms with Gasteiger partial charge in [-0.25, -0.2) is 0 Å². The van der Waals surface area contributed by atoms with E-state index in [0.717, 1.165) is 37.7 Å². The number of carbonyl (C=O) groups excluding carboxylic acids is 2. The van der Waals surface area contributed by atoms with Crippen LogP contribution < -0.4 is 0 Å². The Morgan fingerprint density at radius 1 is 1.12 bits per heavy atom. The summed E-state index contributed by atoms with van der Waals surface area (Å²) in [6.45, 7) is 2.14. The Balaban J connectivity index is 1.74. The highest BCUT2D eigenvalue weighted by Crippen LogP contribution is 2.65. The lowest BCUT2D eigenvalue weighted by atomic mass is 9.46. The molecule has 4 aliphatic rings. The first-order valence-electron chi connectivity index (χ1n) is 9.36. The molecular weight excluding hydrogens is 304 g/mol. The Bertz CT molecular complexity index is 648. The molecule has 0 saturated heterocycles. The number of hydrogen-bond donors (Lipinski definition) is 1. The van der Waals surface area contributed by atoms with Gasteiger partial charge in [0.1, 0.15) is 5.78 Å². The second kappa shape index (κ2) is 5.27. The van der Waals surface area contributed by atoms with E-state index in [4.69, 9.17) is 0 Å². The van der Waals surface area contributed by atoms with Crippen molar-refractivity contribution >= 4 is 17.5 Å². The van der Waals surface area contributed by atoms with Gasteiger partial charge in [0.15, 0.2) is 5.78 Å². The molecule has 0 aromatic heterocycles. The third-order valence-corrected chi connectivity index (χ3v) is 7.86. The topological polar surface area (TPSA) is 71.4 Å². The standard InChI is InChI=1S/C20H26O4/c1-19-8-7-16-14(15(19)4-5-17(19)22)3-2-12-10-13(21)6-9-20(12,16)11-18(23)24/h10,14-16H,2-9,11H2,1H3,(H,23,24). The van der Waals surface area contributed by atoms with E-state index < -0.39 is 5.97 Å². The lowest BCUT2D eigenvalue weighted by Crippen LogP contribution is -2.52. The minimum atomic E-state index is -0.758. The Kier molecular flexibility index (Phi) is 3.52. The van der Waals surface area contributed by atoms with E-state index in [0.29, 0.717) is 42.8 Å². The zero-order chi connectivity index (χ0) is 17.1. The summed E-state index contributed by atoms with van der Waals surface area (Å²) in [6.07, 6.45) is 8.39. The van der Waals surface area contributed by atoms with Crippen LogP contribution in [-0.4, -0.2) is 22.6 Å². The lowest BCUT2D eigenvalue weighted by Gasteiger charge is -2.57. The van der Waals surface area contributed by atoms with Crippen LogP contribution in [0, 0.1) is 28.6 Å². The third kappa shape index (κ3) is 2.07. The number of allylic oxidation sites excluding steroid dienone is 1. The first kappa shape index (κ1) is 16.0. The van der Waals surface area contributed by atoms with Crippen molar-refractivity contribution in [1.82, 2.24) is 0 Å².